The molecule has 2 heterocycles. The number of amides is 4. The molecule has 9 nitrogen and oxygen atoms in total. The zero-order chi connectivity index (χ0) is 18.6. The summed E-state index contributed by atoms with van der Waals surface area (Å²) in [5.41, 5.74) is -2.04. The van der Waals surface area contributed by atoms with Gasteiger partial charge in [0.1, 0.15) is 6.04 Å². The zero-order valence-corrected chi connectivity index (χ0v) is 13.7. The first-order valence-corrected chi connectivity index (χ1v) is 8.06. The number of carboxylic acids is 1. The van der Waals surface area contributed by atoms with Crippen molar-refractivity contribution in [1.82, 2.24) is 4.90 Å². The number of carbonyl (C=O) groups is 5. The average molecular weight is 351 g/mol. The molecule has 0 aromatic rings. The van der Waals surface area contributed by atoms with E-state index in [4.69, 9.17) is 0 Å². The number of aliphatic hydroxyl groups excluding tert-OH is 1. The first-order chi connectivity index (χ1) is 11.7. The molecular formula is C16H19N2O7+. The molecule has 3 aliphatic rings. The molecule has 0 bridgehead atoms. The molecule has 2 N–H and O–H groups in total. The second kappa shape index (κ2) is 5.57. The number of imide groups is 2. The molecule has 3 unspecified atom stereocenters. The van der Waals surface area contributed by atoms with Gasteiger partial charge in [0.2, 0.25) is 11.8 Å². The maximum Gasteiger partial charge on any atom is 0.346 e. The van der Waals surface area contributed by atoms with Gasteiger partial charge in [0.05, 0.1) is 25.3 Å². The van der Waals surface area contributed by atoms with Gasteiger partial charge in [-0.1, -0.05) is 0 Å². The molecule has 0 aromatic heterocycles. The van der Waals surface area contributed by atoms with Crippen LogP contribution in [0.15, 0.2) is 12.2 Å². The fourth-order valence-electron chi connectivity index (χ4n) is 4.14. The fraction of sp³-hybridized carbons (Fsp3) is 0.562. The number of hydrogen-bond acceptors (Lipinski definition) is 6. The molecule has 3 atom stereocenters. The van der Waals surface area contributed by atoms with Crippen molar-refractivity contribution in [2.45, 2.75) is 49.8 Å². The lowest BCUT2D eigenvalue weighted by Gasteiger charge is -2.47. The van der Waals surface area contributed by atoms with Crippen molar-refractivity contribution in [2.75, 3.05) is 7.05 Å². The van der Waals surface area contributed by atoms with Gasteiger partial charge in [0.15, 0.2) is 5.54 Å². The topological polar surface area (TPSA) is 129 Å². The third-order valence-corrected chi connectivity index (χ3v) is 5.74. The monoisotopic (exact) mass is 351 g/mol. The van der Waals surface area contributed by atoms with E-state index < -0.39 is 51.8 Å². The number of aliphatic hydroxyl groups is 1. The molecule has 0 spiro atoms. The van der Waals surface area contributed by atoms with Gasteiger partial charge in [-0.2, -0.15) is 4.48 Å². The molecule has 0 radical (unpaired) electrons. The van der Waals surface area contributed by atoms with Crippen LogP contribution in [0.25, 0.3) is 0 Å². The van der Waals surface area contributed by atoms with Crippen molar-refractivity contribution < 1.29 is 38.7 Å². The molecule has 2 fully saturated rings. The van der Waals surface area contributed by atoms with Gasteiger partial charge in [-0.25, -0.2) is 14.4 Å². The van der Waals surface area contributed by atoms with Crippen LogP contribution in [-0.2, 0) is 24.0 Å². The van der Waals surface area contributed by atoms with Crippen LogP contribution in [0.3, 0.4) is 0 Å². The summed E-state index contributed by atoms with van der Waals surface area (Å²) >= 11 is 0. The predicted octanol–water partition coefficient (Wildman–Crippen LogP) is -1.06. The lowest BCUT2D eigenvalue weighted by molar-refractivity contribution is -0.781. The normalized spacial score (nSPS) is 34.9. The molecule has 134 valence electrons. The van der Waals surface area contributed by atoms with E-state index in [9.17, 15) is 34.2 Å². The minimum Gasteiger partial charge on any atom is -0.479 e. The van der Waals surface area contributed by atoms with Crippen LogP contribution < -0.4 is 0 Å². The summed E-state index contributed by atoms with van der Waals surface area (Å²) in [6, 6.07) is -0.620. The molecular weight excluding hydrogens is 332 g/mol. The third kappa shape index (κ3) is 2.19. The van der Waals surface area contributed by atoms with E-state index in [1.807, 2.05) is 0 Å². The highest BCUT2D eigenvalue weighted by Gasteiger charge is 2.62. The summed E-state index contributed by atoms with van der Waals surface area (Å²) in [4.78, 5) is 60.9. The van der Waals surface area contributed by atoms with Crippen molar-refractivity contribution in [3.8, 4) is 0 Å². The SMILES string of the molecule is C[N+]1(C2CCC(C(=O)O)(N3C(=O)CCC3=O)C(O)C2)C(=O)C=CC1=O. The molecule has 0 aromatic carbocycles. The van der Waals surface area contributed by atoms with E-state index in [1.165, 1.54) is 19.2 Å². The molecule has 1 aliphatic carbocycles. The highest BCUT2D eigenvalue weighted by atomic mass is 16.4. The second-order valence-electron chi connectivity index (χ2n) is 6.88. The standard InChI is InChI=1S/C16H18N2O7/c1-18(13(22)4-5-14(18)23)9-6-7-16(15(24)25,10(19)8-9)17-11(20)2-3-12(17)21/h4-5,9-10,19H,2-3,6-8H2,1H3/p+1. The van der Waals surface area contributed by atoms with E-state index in [0.717, 1.165) is 0 Å². The number of quaternary nitrogens is 1. The van der Waals surface area contributed by atoms with Gasteiger partial charge >= 0.3 is 17.8 Å². The molecule has 25 heavy (non-hydrogen) atoms. The van der Waals surface area contributed by atoms with Crippen LogP contribution in [0.4, 0.5) is 0 Å². The maximum atomic E-state index is 12.1. The van der Waals surface area contributed by atoms with Crippen molar-refractivity contribution in [3.05, 3.63) is 12.2 Å². The largest absolute Gasteiger partial charge is 0.479 e. The number of nitrogens with zero attached hydrogens (tertiary/aromatic N) is 2. The molecule has 1 saturated carbocycles. The van der Waals surface area contributed by atoms with Crippen molar-refractivity contribution >= 4 is 29.6 Å². The van der Waals surface area contributed by atoms with Crippen LogP contribution in [0.2, 0.25) is 0 Å². The van der Waals surface area contributed by atoms with Crippen LogP contribution >= 0.6 is 0 Å². The Bertz CT molecular complexity index is 694. The Hall–Kier alpha value is -2.39. The summed E-state index contributed by atoms with van der Waals surface area (Å²) in [5.74, 6) is -3.57. The smallest absolute Gasteiger partial charge is 0.346 e. The van der Waals surface area contributed by atoms with Gasteiger partial charge in [-0.05, 0) is 6.42 Å². The summed E-state index contributed by atoms with van der Waals surface area (Å²) in [5, 5.41) is 20.3. The number of rotatable bonds is 3. The van der Waals surface area contributed by atoms with E-state index in [1.54, 1.807) is 0 Å². The Morgan fingerprint density at radius 2 is 1.68 bits per heavy atom. The lowest BCUT2D eigenvalue weighted by Crippen LogP contribution is -2.69. The predicted molar refractivity (Wildman–Crippen MR) is 80.4 cm³/mol. The Morgan fingerprint density at radius 3 is 2.12 bits per heavy atom. The molecule has 3 rings (SSSR count). The number of carbonyl (C=O) groups excluding carboxylic acids is 4. The first-order valence-electron chi connectivity index (χ1n) is 8.06. The summed E-state index contributed by atoms with van der Waals surface area (Å²) in [7, 11) is 1.43. The van der Waals surface area contributed by atoms with E-state index in [-0.39, 0.29) is 32.1 Å². The van der Waals surface area contributed by atoms with Gasteiger partial charge in [0.25, 0.3) is 0 Å². The average Bonchev–Trinajstić information content (AvgIpc) is 3.02. The third-order valence-electron chi connectivity index (χ3n) is 5.74. The molecule has 9 heteroatoms. The highest BCUT2D eigenvalue weighted by Crippen LogP contribution is 2.41. The summed E-state index contributed by atoms with van der Waals surface area (Å²) in [6.07, 6.45) is 0.320. The number of carboxylic acid groups (broad SMARTS) is 1. The molecule has 4 amide bonds. The van der Waals surface area contributed by atoms with Crippen molar-refractivity contribution in [2.24, 2.45) is 0 Å². The highest BCUT2D eigenvalue weighted by molar-refractivity contribution is 6.07. The fourth-order valence-corrected chi connectivity index (χ4v) is 4.14. The van der Waals surface area contributed by atoms with Crippen LogP contribution in [0, 0.1) is 0 Å². The summed E-state index contributed by atoms with van der Waals surface area (Å²) in [6.45, 7) is 0. The summed E-state index contributed by atoms with van der Waals surface area (Å²) < 4.78 is -0.561. The van der Waals surface area contributed by atoms with Crippen LogP contribution in [0.1, 0.15) is 32.1 Å². The van der Waals surface area contributed by atoms with E-state index >= 15 is 0 Å². The van der Waals surface area contributed by atoms with Gasteiger partial charge in [-0.15, -0.1) is 0 Å². The minimum absolute atomic E-state index is 0.0846. The minimum atomic E-state index is -2.04. The number of likely N-dealkylation sites (N-methyl/N-ethyl adjacent to an activating group) is 1. The first kappa shape index (κ1) is 17.4. The Balaban J connectivity index is 1.93. The van der Waals surface area contributed by atoms with Gasteiger partial charge in [0, 0.05) is 25.7 Å². The Labute approximate surface area is 143 Å². The quantitative estimate of drug-likeness (QED) is 0.490. The lowest BCUT2D eigenvalue weighted by atomic mass is 9.74. The van der Waals surface area contributed by atoms with E-state index in [0.29, 0.717) is 4.90 Å². The number of likely N-dealkylation sites (tertiary alicyclic amines) is 1. The Morgan fingerprint density at radius 1 is 1.16 bits per heavy atom. The van der Waals surface area contributed by atoms with E-state index in [2.05, 4.69) is 0 Å². The molecule has 2 aliphatic heterocycles. The van der Waals surface area contributed by atoms with Gasteiger partial charge < -0.3 is 10.2 Å². The van der Waals surface area contributed by atoms with Crippen molar-refractivity contribution in [1.29, 1.82) is 0 Å². The Kier molecular flexibility index (Phi) is 3.88. The zero-order valence-electron chi connectivity index (χ0n) is 13.7. The van der Waals surface area contributed by atoms with Crippen LogP contribution in [0.5, 0.6) is 0 Å². The van der Waals surface area contributed by atoms with Gasteiger partial charge in [-0.3, -0.25) is 14.5 Å². The number of aliphatic carboxylic acids is 1. The maximum absolute atomic E-state index is 12.1. The molecule has 1 saturated heterocycles. The number of hydrogen-bond donors (Lipinski definition) is 2. The second-order valence-corrected chi connectivity index (χ2v) is 6.88. The van der Waals surface area contributed by atoms with Crippen LogP contribution in [-0.4, -0.2) is 73.9 Å². The van der Waals surface area contributed by atoms with Crippen molar-refractivity contribution in [3.63, 3.8) is 0 Å².